The highest BCUT2D eigenvalue weighted by Crippen LogP contribution is 2.20. The van der Waals surface area contributed by atoms with E-state index in [0.717, 1.165) is 29.9 Å². The predicted octanol–water partition coefficient (Wildman–Crippen LogP) is 2.90. The fraction of sp³-hybridized carbons (Fsp3) is 0.235. The average molecular weight is 281 g/mol. The van der Waals surface area contributed by atoms with Gasteiger partial charge in [0.15, 0.2) is 0 Å². The van der Waals surface area contributed by atoms with Crippen LogP contribution < -0.4 is 5.32 Å². The fourth-order valence-corrected chi connectivity index (χ4v) is 2.52. The molecule has 4 heteroatoms. The van der Waals surface area contributed by atoms with Gasteiger partial charge in [-0.2, -0.15) is 5.10 Å². The zero-order valence-electron chi connectivity index (χ0n) is 12.1. The summed E-state index contributed by atoms with van der Waals surface area (Å²) in [5.41, 5.74) is 3.22. The molecule has 1 heterocycles. The van der Waals surface area contributed by atoms with E-state index >= 15 is 0 Å². The first-order valence-electron chi connectivity index (χ1n) is 7.21. The molecule has 0 spiro atoms. The van der Waals surface area contributed by atoms with Gasteiger partial charge in [0.25, 0.3) is 0 Å². The Labute approximate surface area is 124 Å². The lowest BCUT2D eigenvalue weighted by Gasteiger charge is -2.04. The third-order valence-corrected chi connectivity index (χ3v) is 3.52. The van der Waals surface area contributed by atoms with Gasteiger partial charge in [-0.05, 0) is 30.3 Å². The average Bonchev–Trinajstić information content (AvgIpc) is 2.84. The van der Waals surface area contributed by atoms with E-state index in [4.69, 9.17) is 5.10 Å². The molecule has 0 fully saturated rings. The quantitative estimate of drug-likeness (QED) is 0.756. The van der Waals surface area contributed by atoms with Gasteiger partial charge in [-0.15, -0.1) is 0 Å². The van der Waals surface area contributed by atoms with E-state index in [9.17, 15) is 5.11 Å². The van der Waals surface area contributed by atoms with Crippen LogP contribution in [0.15, 0.2) is 48.5 Å². The number of para-hydroxylation sites is 1. The molecular formula is C17H19N3O. The topological polar surface area (TPSA) is 50.1 Å². The molecule has 0 radical (unpaired) electrons. The van der Waals surface area contributed by atoms with Crippen LogP contribution in [0.5, 0.6) is 5.75 Å². The molecular weight excluding hydrogens is 262 g/mol. The Hall–Kier alpha value is -2.33. The number of aromatic nitrogens is 2. The third kappa shape index (κ3) is 2.90. The molecule has 108 valence electrons. The van der Waals surface area contributed by atoms with E-state index in [-0.39, 0.29) is 5.75 Å². The van der Waals surface area contributed by atoms with Crippen molar-refractivity contribution >= 4 is 10.9 Å². The highest BCUT2D eigenvalue weighted by molar-refractivity contribution is 5.82. The molecule has 4 nitrogen and oxygen atoms in total. The van der Waals surface area contributed by atoms with Gasteiger partial charge in [0, 0.05) is 11.9 Å². The molecule has 0 aliphatic carbocycles. The summed E-state index contributed by atoms with van der Waals surface area (Å²) in [5, 5.41) is 18.8. The molecule has 2 aromatic carbocycles. The van der Waals surface area contributed by atoms with Gasteiger partial charge in [-0.1, -0.05) is 37.3 Å². The Morgan fingerprint density at radius 1 is 1.14 bits per heavy atom. The van der Waals surface area contributed by atoms with Crippen molar-refractivity contribution in [2.45, 2.75) is 20.0 Å². The largest absolute Gasteiger partial charge is 0.508 e. The van der Waals surface area contributed by atoms with Crippen molar-refractivity contribution in [1.29, 1.82) is 0 Å². The summed E-state index contributed by atoms with van der Waals surface area (Å²) in [7, 11) is 0. The summed E-state index contributed by atoms with van der Waals surface area (Å²) in [6, 6.07) is 15.6. The smallest absolute Gasteiger partial charge is 0.115 e. The Bertz CT molecular complexity index is 749. The molecule has 3 aromatic rings. The summed E-state index contributed by atoms with van der Waals surface area (Å²) in [5.74, 6) is 0.289. The predicted molar refractivity (Wildman–Crippen MR) is 84.3 cm³/mol. The standard InChI is InChI=1S/C17H19N3O/c1-2-18-11-16-15-8-3-4-9-17(15)20(19-16)12-13-6-5-7-14(21)10-13/h3-10,18,21H,2,11-12H2,1H3. The zero-order chi connectivity index (χ0) is 14.7. The van der Waals surface area contributed by atoms with E-state index in [1.54, 1.807) is 12.1 Å². The molecule has 2 N–H and O–H groups in total. The van der Waals surface area contributed by atoms with Crippen molar-refractivity contribution < 1.29 is 5.11 Å². The van der Waals surface area contributed by atoms with Gasteiger partial charge < -0.3 is 10.4 Å². The van der Waals surface area contributed by atoms with Gasteiger partial charge in [0.2, 0.25) is 0 Å². The molecule has 1 aromatic heterocycles. The summed E-state index contributed by atoms with van der Waals surface area (Å²) >= 11 is 0. The number of phenols is 1. The Morgan fingerprint density at radius 2 is 2.00 bits per heavy atom. The molecule has 0 atom stereocenters. The van der Waals surface area contributed by atoms with Gasteiger partial charge in [-0.3, -0.25) is 4.68 Å². The highest BCUT2D eigenvalue weighted by atomic mass is 16.3. The molecule has 0 amide bonds. The van der Waals surface area contributed by atoms with E-state index in [1.165, 1.54) is 5.39 Å². The van der Waals surface area contributed by atoms with Crippen LogP contribution >= 0.6 is 0 Å². The maximum atomic E-state index is 9.59. The Kier molecular flexibility index (Phi) is 3.88. The molecule has 0 aliphatic rings. The second kappa shape index (κ2) is 5.97. The van der Waals surface area contributed by atoms with Crippen LogP contribution in [0.4, 0.5) is 0 Å². The number of benzene rings is 2. The Balaban J connectivity index is 1.98. The van der Waals surface area contributed by atoms with Crippen LogP contribution in [-0.2, 0) is 13.1 Å². The van der Waals surface area contributed by atoms with E-state index < -0.39 is 0 Å². The minimum absolute atomic E-state index is 0.289. The van der Waals surface area contributed by atoms with Crippen molar-refractivity contribution in [3.8, 4) is 5.75 Å². The van der Waals surface area contributed by atoms with Gasteiger partial charge in [0.05, 0.1) is 17.8 Å². The molecule has 0 saturated carbocycles. The van der Waals surface area contributed by atoms with Crippen LogP contribution in [0.1, 0.15) is 18.2 Å². The van der Waals surface area contributed by atoms with Crippen molar-refractivity contribution in [2.24, 2.45) is 0 Å². The van der Waals surface area contributed by atoms with Crippen LogP contribution in [0.3, 0.4) is 0 Å². The molecule has 3 rings (SSSR count). The lowest BCUT2D eigenvalue weighted by Crippen LogP contribution is -2.13. The highest BCUT2D eigenvalue weighted by Gasteiger charge is 2.10. The van der Waals surface area contributed by atoms with Gasteiger partial charge >= 0.3 is 0 Å². The maximum absolute atomic E-state index is 9.59. The summed E-state index contributed by atoms with van der Waals surface area (Å²) < 4.78 is 2.00. The van der Waals surface area contributed by atoms with E-state index in [0.29, 0.717) is 6.54 Å². The minimum Gasteiger partial charge on any atom is -0.508 e. The normalized spacial score (nSPS) is 11.1. The van der Waals surface area contributed by atoms with Gasteiger partial charge in [-0.25, -0.2) is 0 Å². The first-order valence-corrected chi connectivity index (χ1v) is 7.21. The van der Waals surface area contributed by atoms with Crippen LogP contribution in [-0.4, -0.2) is 21.4 Å². The molecule has 0 aliphatic heterocycles. The van der Waals surface area contributed by atoms with Crippen LogP contribution in [0.2, 0.25) is 0 Å². The lowest BCUT2D eigenvalue weighted by molar-refractivity contribution is 0.474. The third-order valence-electron chi connectivity index (χ3n) is 3.52. The molecule has 0 bridgehead atoms. The second-order valence-electron chi connectivity index (χ2n) is 5.07. The van der Waals surface area contributed by atoms with Crippen LogP contribution in [0, 0.1) is 0 Å². The van der Waals surface area contributed by atoms with E-state index in [2.05, 4.69) is 24.4 Å². The summed E-state index contributed by atoms with van der Waals surface area (Å²) in [6.45, 7) is 4.44. The summed E-state index contributed by atoms with van der Waals surface area (Å²) in [4.78, 5) is 0. The summed E-state index contributed by atoms with van der Waals surface area (Å²) in [6.07, 6.45) is 0. The number of fused-ring (bicyclic) bond motifs is 1. The lowest BCUT2D eigenvalue weighted by atomic mass is 10.2. The fourth-order valence-electron chi connectivity index (χ4n) is 2.52. The van der Waals surface area contributed by atoms with Gasteiger partial charge in [0.1, 0.15) is 5.75 Å². The SMILES string of the molecule is CCNCc1nn(Cc2cccc(O)c2)c2ccccc12. The van der Waals surface area contributed by atoms with Crippen molar-refractivity contribution in [1.82, 2.24) is 15.1 Å². The monoisotopic (exact) mass is 281 g/mol. The molecule has 21 heavy (non-hydrogen) atoms. The molecule has 0 unspecified atom stereocenters. The second-order valence-corrected chi connectivity index (χ2v) is 5.07. The number of nitrogens with zero attached hydrogens (tertiary/aromatic N) is 2. The Morgan fingerprint density at radius 3 is 2.81 bits per heavy atom. The first-order chi connectivity index (χ1) is 10.3. The number of phenolic OH excluding ortho intramolecular Hbond substituents is 1. The maximum Gasteiger partial charge on any atom is 0.115 e. The first kappa shape index (κ1) is 13.6. The minimum atomic E-state index is 0.289. The number of aromatic hydroxyl groups is 1. The van der Waals surface area contributed by atoms with E-state index in [1.807, 2.05) is 28.9 Å². The number of rotatable bonds is 5. The number of hydrogen-bond donors (Lipinski definition) is 2. The van der Waals surface area contributed by atoms with Crippen molar-refractivity contribution in [3.05, 3.63) is 59.8 Å². The number of nitrogens with one attached hydrogen (secondary N) is 1. The molecule has 0 saturated heterocycles. The van der Waals surface area contributed by atoms with Crippen molar-refractivity contribution in [3.63, 3.8) is 0 Å². The van der Waals surface area contributed by atoms with Crippen molar-refractivity contribution in [2.75, 3.05) is 6.54 Å². The zero-order valence-corrected chi connectivity index (χ0v) is 12.1. The van der Waals surface area contributed by atoms with Crippen LogP contribution in [0.25, 0.3) is 10.9 Å². The number of hydrogen-bond acceptors (Lipinski definition) is 3.